The number of hydrogen-bond acceptors (Lipinski definition) is 5. The smallest absolute Gasteiger partial charge is 0.412 e. The summed E-state index contributed by atoms with van der Waals surface area (Å²) in [5, 5.41) is 6.60. The van der Waals surface area contributed by atoms with Crippen molar-refractivity contribution in [2.45, 2.75) is 77.5 Å². The summed E-state index contributed by atoms with van der Waals surface area (Å²) in [6, 6.07) is 25.2. The van der Waals surface area contributed by atoms with Crippen molar-refractivity contribution >= 4 is 17.7 Å². The van der Waals surface area contributed by atoms with Gasteiger partial charge in [0.1, 0.15) is 0 Å². The molecule has 2 N–H and O–H groups in total. The lowest BCUT2D eigenvalue weighted by Gasteiger charge is -2.46. The van der Waals surface area contributed by atoms with E-state index >= 15 is 0 Å². The molecule has 3 aromatic carbocycles. The second kappa shape index (κ2) is 13.9. The number of alkyl carbamates (subject to hydrolysis) is 1. The highest BCUT2D eigenvalue weighted by Crippen LogP contribution is 2.51. The van der Waals surface area contributed by atoms with Gasteiger partial charge in [-0.05, 0) is 67.9 Å². The lowest BCUT2D eigenvalue weighted by atomic mass is 9.75. The summed E-state index contributed by atoms with van der Waals surface area (Å²) in [7, 11) is 0. The highest BCUT2D eigenvalue weighted by Gasteiger charge is 2.43. The van der Waals surface area contributed by atoms with Crippen molar-refractivity contribution in [2.24, 2.45) is 5.92 Å². The second-order valence-electron chi connectivity index (χ2n) is 13.5. The van der Waals surface area contributed by atoms with Crippen molar-refractivity contribution in [2.75, 3.05) is 25.0 Å². The molecule has 45 heavy (non-hydrogen) atoms. The summed E-state index contributed by atoms with van der Waals surface area (Å²) in [4.78, 5) is 27.6. The first-order valence-corrected chi connectivity index (χ1v) is 16.1. The Labute approximate surface area is 268 Å². The zero-order chi connectivity index (χ0) is 32.1. The van der Waals surface area contributed by atoms with Gasteiger partial charge >= 0.3 is 6.09 Å². The Morgan fingerprint density at radius 2 is 1.78 bits per heavy atom. The first-order valence-electron chi connectivity index (χ1n) is 16.1. The largest absolute Gasteiger partial charge is 0.416 e. The summed E-state index contributed by atoms with van der Waals surface area (Å²) in [6.07, 6.45) is 1.65. The van der Waals surface area contributed by atoms with Gasteiger partial charge in [-0.2, -0.15) is 0 Å². The Hall–Kier alpha value is -4.10. The topological polar surface area (TPSA) is 79.9 Å². The van der Waals surface area contributed by atoms with E-state index in [0.29, 0.717) is 37.4 Å². The molecule has 2 amide bonds. The van der Waals surface area contributed by atoms with Gasteiger partial charge in [-0.15, -0.1) is 0 Å². The fraction of sp³-hybridized carbons (Fsp3) is 0.421. The molecule has 4 atom stereocenters. The van der Waals surface area contributed by atoms with Crippen LogP contribution in [0.15, 0.2) is 85.1 Å². The summed E-state index contributed by atoms with van der Waals surface area (Å²) < 4.78 is 12.0. The molecule has 0 saturated carbocycles. The number of amides is 2. The highest BCUT2D eigenvalue weighted by atomic mass is 16.6. The third kappa shape index (κ3) is 7.95. The van der Waals surface area contributed by atoms with Crippen LogP contribution in [0.2, 0.25) is 0 Å². The molecule has 2 heterocycles. The van der Waals surface area contributed by atoms with E-state index in [1.54, 1.807) is 6.92 Å². The molecule has 1 saturated heterocycles. The number of allylic oxidation sites excluding steroid dienone is 1. The minimum Gasteiger partial charge on any atom is -0.416 e. The fourth-order valence-corrected chi connectivity index (χ4v) is 6.40. The van der Waals surface area contributed by atoms with Crippen molar-refractivity contribution in [1.29, 1.82) is 0 Å². The molecular weight excluding hydrogens is 562 g/mol. The number of carbonyl (C=O) groups is 2. The zero-order valence-electron chi connectivity index (χ0n) is 27.3. The van der Waals surface area contributed by atoms with Gasteiger partial charge in [-0.25, -0.2) is 4.79 Å². The number of nitrogens with one attached hydrogen (secondary N) is 2. The molecule has 1 fully saturated rings. The molecule has 0 spiro atoms. The highest BCUT2D eigenvalue weighted by molar-refractivity contribution is 5.94. The van der Waals surface area contributed by atoms with E-state index in [1.807, 2.05) is 36.1 Å². The van der Waals surface area contributed by atoms with E-state index in [-0.39, 0.29) is 35.5 Å². The number of hydrogen-bond donors (Lipinski definition) is 2. The summed E-state index contributed by atoms with van der Waals surface area (Å²) in [5.74, 6) is 0.560. The molecule has 4 unspecified atom stereocenters. The average Bonchev–Trinajstić information content (AvgIpc) is 3.01. The first-order chi connectivity index (χ1) is 21.5. The third-order valence-corrected chi connectivity index (χ3v) is 8.82. The van der Waals surface area contributed by atoms with Crippen LogP contribution in [0, 0.1) is 12.8 Å². The van der Waals surface area contributed by atoms with Crippen LogP contribution in [0.4, 0.5) is 10.5 Å². The molecule has 238 valence electrons. The van der Waals surface area contributed by atoms with E-state index in [2.05, 4.69) is 86.5 Å². The molecule has 0 aliphatic carbocycles. The Morgan fingerprint density at radius 3 is 2.47 bits per heavy atom. The third-order valence-electron chi connectivity index (χ3n) is 8.82. The molecule has 0 bridgehead atoms. The Bertz CT molecular complexity index is 1500. The molecule has 0 radical (unpaired) electrons. The second-order valence-corrected chi connectivity index (χ2v) is 13.5. The van der Waals surface area contributed by atoms with E-state index in [9.17, 15) is 9.59 Å². The number of anilines is 1. The van der Waals surface area contributed by atoms with Crippen LogP contribution in [0.3, 0.4) is 0 Å². The Balaban J connectivity index is 1.37. The average molecular weight is 610 g/mol. The quantitative estimate of drug-likeness (QED) is 0.189. The van der Waals surface area contributed by atoms with Crippen molar-refractivity contribution < 1.29 is 19.1 Å². The van der Waals surface area contributed by atoms with Crippen molar-refractivity contribution in [3.05, 3.63) is 113 Å². The lowest BCUT2D eigenvalue weighted by molar-refractivity contribution is -0.0999. The molecule has 7 nitrogen and oxygen atoms in total. The molecule has 5 rings (SSSR count). The van der Waals surface area contributed by atoms with Gasteiger partial charge in [0.25, 0.3) is 5.91 Å². The zero-order valence-corrected chi connectivity index (χ0v) is 27.3. The molecule has 2 aliphatic rings. The van der Waals surface area contributed by atoms with Gasteiger partial charge in [0.05, 0.1) is 24.0 Å². The summed E-state index contributed by atoms with van der Waals surface area (Å²) in [5.41, 5.74) is 6.60. The minimum absolute atomic E-state index is 0.0109. The van der Waals surface area contributed by atoms with Crippen molar-refractivity contribution in [1.82, 2.24) is 10.2 Å². The fourth-order valence-electron chi connectivity index (χ4n) is 6.40. The number of rotatable bonds is 9. The molecule has 7 heteroatoms. The minimum atomic E-state index is -0.535. The number of nitrogens with zero attached hydrogens (tertiary/aromatic N) is 1. The summed E-state index contributed by atoms with van der Waals surface area (Å²) >= 11 is 0. The maximum atomic E-state index is 13.8. The van der Waals surface area contributed by atoms with Gasteiger partial charge in [-0.3, -0.25) is 4.79 Å². The normalized spacial score (nSPS) is 20.6. The molecule has 3 aromatic rings. The Kier molecular flexibility index (Phi) is 9.98. The SMILES string of the molecule is C=C(C)OC(=O)NCCCN(CC1CCC2C(c3ccccc3)Nc3ccc(C(C)(C)C)cc3C2O1)C(=O)c1ccc(C)cc1. The van der Waals surface area contributed by atoms with Gasteiger partial charge in [0.15, 0.2) is 0 Å². The Morgan fingerprint density at radius 1 is 1.04 bits per heavy atom. The van der Waals surface area contributed by atoms with Gasteiger partial charge < -0.3 is 25.0 Å². The van der Waals surface area contributed by atoms with E-state index in [4.69, 9.17) is 9.47 Å². The molecule has 2 aliphatic heterocycles. The number of ether oxygens (including phenoxy) is 2. The molecule has 0 aromatic heterocycles. The number of aryl methyl sites for hydroxylation is 1. The van der Waals surface area contributed by atoms with Crippen LogP contribution in [0.5, 0.6) is 0 Å². The van der Waals surface area contributed by atoms with E-state index < -0.39 is 6.09 Å². The van der Waals surface area contributed by atoms with Crippen LogP contribution < -0.4 is 10.6 Å². The van der Waals surface area contributed by atoms with Crippen LogP contribution in [-0.4, -0.2) is 42.6 Å². The van der Waals surface area contributed by atoms with Crippen LogP contribution in [-0.2, 0) is 14.9 Å². The summed E-state index contributed by atoms with van der Waals surface area (Å²) in [6.45, 7) is 15.3. The van der Waals surface area contributed by atoms with Crippen LogP contribution >= 0.6 is 0 Å². The first kappa shape index (κ1) is 32.3. The number of fused-ring (bicyclic) bond motifs is 3. The van der Waals surface area contributed by atoms with Crippen LogP contribution in [0.1, 0.15) is 91.7 Å². The lowest BCUT2D eigenvalue weighted by Crippen LogP contribution is -2.45. The van der Waals surface area contributed by atoms with E-state index in [0.717, 1.165) is 24.1 Å². The van der Waals surface area contributed by atoms with E-state index in [1.165, 1.54) is 16.7 Å². The maximum Gasteiger partial charge on any atom is 0.412 e. The predicted octanol–water partition coefficient (Wildman–Crippen LogP) is 8.09. The monoisotopic (exact) mass is 609 g/mol. The van der Waals surface area contributed by atoms with Crippen molar-refractivity contribution in [3.8, 4) is 0 Å². The number of carbonyl (C=O) groups excluding carboxylic acids is 2. The predicted molar refractivity (Wildman–Crippen MR) is 179 cm³/mol. The van der Waals surface area contributed by atoms with Gasteiger partial charge in [0, 0.05) is 42.4 Å². The maximum absolute atomic E-state index is 13.8. The van der Waals surface area contributed by atoms with Crippen LogP contribution in [0.25, 0.3) is 0 Å². The van der Waals surface area contributed by atoms with Gasteiger partial charge in [0.2, 0.25) is 0 Å². The van der Waals surface area contributed by atoms with Crippen molar-refractivity contribution in [3.63, 3.8) is 0 Å². The standard InChI is InChI=1S/C38H47N3O4/c1-25(2)44-37(43)39-21-10-22-41(36(42)28-15-13-26(3)14-16-28)24-30-18-19-31-34(27-11-8-7-9-12-27)40-33-20-17-29(38(4,5)6)23-32(33)35(31)45-30/h7-9,11-17,20,23,30-31,34-35,40H,1,10,18-19,21-22,24H2,2-6H3,(H,39,43). The molecular formula is C38H47N3O4. The van der Waals surface area contributed by atoms with Gasteiger partial charge in [-0.1, -0.05) is 87.5 Å². The number of benzene rings is 3.